The van der Waals surface area contributed by atoms with Gasteiger partial charge in [-0.3, -0.25) is 4.79 Å². The van der Waals surface area contributed by atoms with Gasteiger partial charge < -0.3 is 11.1 Å². The third-order valence-corrected chi connectivity index (χ3v) is 3.18. The highest BCUT2D eigenvalue weighted by Gasteiger charge is 2.11. The number of hydrogen-bond acceptors (Lipinski definition) is 2. The Bertz CT molecular complexity index is 612. The van der Waals surface area contributed by atoms with Crippen molar-refractivity contribution < 1.29 is 4.79 Å². The van der Waals surface area contributed by atoms with Crippen LogP contribution in [0.1, 0.15) is 40.0 Å². The number of hydrogen-bond donors (Lipinski definition) is 2. The first-order valence-electron chi connectivity index (χ1n) is 6.71. The van der Waals surface area contributed by atoms with E-state index < -0.39 is 0 Å². The SMILES string of the molecule is Cc1cc(C)cc(C(=O)Nc2ccccc2C(C)N)c1. The van der Waals surface area contributed by atoms with Crippen LogP contribution in [0, 0.1) is 13.8 Å². The Hall–Kier alpha value is -2.13. The highest BCUT2D eigenvalue weighted by atomic mass is 16.1. The molecule has 2 aromatic rings. The van der Waals surface area contributed by atoms with Crippen LogP contribution < -0.4 is 11.1 Å². The molecule has 1 amide bonds. The zero-order valence-corrected chi connectivity index (χ0v) is 12.1. The summed E-state index contributed by atoms with van der Waals surface area (Å²) in [5.41, 5.74) is 10.5. The summed E-state index contributed by atoms with van der Waals surface area (Å²) in [6, 6.07) is 13.3. The largest absolute Gasteiger partial charge is 0.324 e. The number of carbonyl (C=O) groups excluding carboxylic acids is 1. The van der Waals surface area contributed by atoms with E-state index in [2.05, 4.69) is 5.32 Å². The van der Waals surface area contributed by atoms with Crippen LogP contribution in [0.2, 0.25) is 0 Å². The Morgan fingerprint density at radius 2 is 1.70 bits per heavy atom. The molecule has 0 heterocycles. The summed E-state index contributed by atoms with van der Waals surface area (Å²) >= 11 is 0. The number of anilines is 1. The van der Waals surface area contributed by atoms with Gasteiger partial charge in [0.1, 0.15) is 0 Å². The molecule has 2 rings (SSSR count). The molecule has 0 fully saturated rings. The van der Waals surface area contributed by atoms with E-state index in [-0.39, 0.29) is 11.9 Å². The summed E-state index contributed by atoms with van der Waals surface area (Å²) in [5, 5.41) is 2.94. The first kappa shape index (κ1) is 14.3. The fourth-order valence-corrected chi connectivity index (χ4v) is 2.31. The van der Waals surface area contributed by atoms with Crippen molar-refractivity contribution in [3.8, 4) is 0 Å². The molecular formula is C17H20N2O. The predicted octanol–water partition coefficient (Wildman–Crippen LogP) is 3.58. The van der Waals surface area contributed by atoms with Crippen LogP contribution in [0.4, 0.5) is 5.69 Å². The van der Waals surface area contributed by atoms with Gasteiger partial charge in [-0.1, -0.05) is 35.4 Å². The van der Waals surface area contributed by atoms with Crippen LogP contribution >= 0.6 is 0 Å². The van der Waals surface area contributed by atoms with Gasteiger partial charge in [-0.05, 0) is 44.5 Å². The van der Waals surface area contributed by atoms with Gasteiger partial charge in [0.2, 0.25) is 0 Å². The van der Waals surface area contributed by atoms with Crippen LogP contribution in [0.5, 0.6) is 0 Å². The van der Waals surface area contributed by atoms with E-state index in [4.69, 9.17) is 5.73 Å². The lowest BCUT2D eigenvalue weighted by atomic mass is 10.0. The average Bonchev–Trinajstić information content (AvgIpc) is 2.37. The monoisotopic (exact) mass is 268 g/mol. The van der Waals surface area contributed by atoms with Gasteiger partial charge in [0.15, 0.2) is 0 Å². The van der Waals surface area contributed by atoms with E-state index in [0.29, 0.717) is 5.56 Å². The van der Waals surface area contributed by atoms with Crippen molar-refractivity contribution in [3.63, 3.8) is 0 Å². The molecule has 3 nitrogen and oxygen atoms in total. The number of nitrogens with two attached hydrogens (primary N) is 1. The first-order chi connectivity index (χ1) is 9.47. The smallest absolute Gasteiger partial charge is 0.255 e. The maximum absolute atomic E-state index is 12.3. The van der Waals surface area contributed by atoms with E-state index >= 15 is 0 Å². The minimum absolute atomic E-state index is 0.107. The average molecular weight is 268 g/mol. The number of nitrogens with one attached hydrogen (secondary N) is 1. The maximum Gasteiger partial charge on any atom is 0.255 e. The molecule has 3 heteroatoms. The molecule has 0 saturated heterocycles. The van der Waals surface area contributed by atoms with Crippen LogP contribution in [-0.4, -0.2) is 5.91 Å². The molecule has 3 N–H and O–H groups in total. The molecule has 0 spiro atoms. The summed E-state index contributed by atoms with van der Waals surface area (Å²) in [7, 11) is 0. The number of carbonyl (C=O) groups is 1. The van der Waals surface area contributed by atoms with E-state index in [1.807, 2.05) is 63.2 Å². The lowest BCUT2D eigenvalue weighted by molar-refractivity contribution is 0.102. The molecule has 0 aliphatic rings. The second-order valence-electron chi connectivity index (χ2n) is 5.21. The van der Waals surface area contributed by atoms with Crippen molar-refractivity contribution in [2.75, 3.05) is 5.32 Å². The number of rotatable bonds is 3. The van der Waals surface area contributed by atoms with Crippen molar-refractivity contribution >= 4 is 11.6 Å². The Morgan fingerprint density at radius 1 is 1.10 bits per heavy atom. The zero-order chi connectivity index (χ0) is 14.7. The van der Waals surface area contributed by atoms with Gasteiger partial charge in [-0.25, -0.2) is 0 Å². The Kier molecular flexibility index (Phi) is 4.20. The fraction of sp³-hybridized carbons (Fsp3) is 0.235. The van der Waals surface area contributed by atoms with Crippen molar-refractivity contribution in [3.05, 3.63) is 64.7 Å². The van der Waals surface area contributed by atoms with Crippen molar-refractivity contribution in [1.29, 1.82) is 0 Å². The van der Waals surface area contributed by atoms with Gasteiger partial charge in [0.25, 0.3) is 5.91 Å². The minimum atomic E-state index is -0.120. The Balaban J connectivity index is 2.28. The van der Waals surface area contributed by atoms with E-state index in [1.54, 1.807) is 0 Å². The van der Waals surface area contributed by atoms with Crippen LogP contribution in [0.15, 0.2) is 42.5 Å². The summed E-state index contributed by atoms with van der Waals surface area (Å²) in [5.74, 6) is -0.107. The third kappa shape index (κ3) is 3.25. The molecule has 2 aromatic carbocycles. The second-order valence-corrected chi connectivity index (χ2v) is 5.21. The summed E-state index contributed by atoms with van der Waals surface area (Å²) in [6.45, 7) is 5.88. The van der Waals surface area contributed by atoms with Gasteiger partial charge in [-0.15, -0.1) is 0 Å². The summed E-state index contributed by atoms with van der Waals surface area (Å²) in [4.78, 5) is 12.3. The lowest BCUT2D eigenvalue weighted by Crippen LogP contribution is -2.16. The molecule has 0 aliphatic heterocycles. The molecule has 1 unspecified atom stereocenters. The highest BCUT2D eigenvalue weighted by Crippen LogP contribution is 2.21. The number of aryl methyl sites for hydroxylation is 2. The van der Waals surface area contributed by atoms with Crippen molar-refractivity contribution in [2.45, 2.75) is 26.8 Å². The normalized spacial score (nSPS) is 12.0. The molecule has 1 atom stereocenters. The summed E-state index contributed by atoms with van der Waals surface area (Å²) < 4.78 is 0. The van der Waals surface area contributed by atoms with Gasteiger partial charge in [0.05, 0.1) is 0 Å². The third-order valence-electron chi connectivity index (χ3n) is 3.18. The minimum Gasteiger partial charge on any atom is -0.324 e. The fourth-order valence-electron chi connectivity index (χ4n) is 2.31. The molecule has 0 aromatic heterocycles. The van der Waals surface area contributed by atoms with Crippen molar-refractivity contribution in [2.24, 2.45) is 5.73 Å². The van der Waals surface area contributed by atoms with Crippen LogP contribution in [-0.2, 0) is 0 Å². The Morgan fingerprint density at radius 3 is 2.30 bits per heavy atom. The predicted molar refractivity (Wildman–Crippen MR) is 82.9 cm³/mol. The first-order valence-corrected chi connectivity index (χ1v) is 6.71. The molecule has 0 radical (unpaired) electrons. The number of benzene rings is 2. The van der Waals surface area contributed by atoms with Gasteiger partial charge in [0, 0.05) is 17.3 Å². The molecule has 0 saturated carbocycles. The van der Waals surface area contributed by atoms with Crippen LogP contribution in [0.3, 0.4) is 0 Å². The van der Waals surface area contributed by atoms with Gasteiger partial charge >= 0.3 is 0 Å². The highest BCUT2D eigenvalue weighted by molar-refractivity contribution is 6.04. The Labute approximate surface area is 119 Å². The molecule has 20 heavy (non-hydrogen) atoms. The second kappa shape index (κ2) is 5.88. The van der Waals surface area contributed by atoms with E-state index in [1.165, 1.54) is 0 Å². The zero-order valence-electron chi connectivity index (χ0n) is 12.1. The molecule has 0 bridgehead atoms. The van der Waals surface area contributed by atoms with Crippen molar-refractivity contribution in [1.82, 2.24) is 0 Å². The quantitative estimate of drug-likeness (QED) is 0.894. The van der Waals surface area contributed by atoms with E-state index in [9.17, 15) is 4.79 Å². The maximum atomic E-state index is 12.3. The topological polar surface area (TPSA) is 55.1 Å². The number of para-hydroxylation sites is 1. The summed E-state index contributed by atoms with van der Waals surface area (Å²) in [6.07, 6.45) is 0. The molecular weight excluding hydrogens is 248 g/mol. The lowest BCUT2D eigenvalue weighted by Gasteiger charge is -2.14. The molecule has 104 valence electrons. The number of amides is 1. The van der Waals surface area contributed by atoms with E-state index in [0.717, 1.165) is 22.4 Å². The van der Waals surface area contributed by atoms with Gasteiger partial charge in [-0.2, -0.15) is 0 Å². The van der Waals surface area contributed by atoms with Crippen LogP contribution in [0.25, 0.3) is 0 Å². The standard InChI is InChI=1S/C17H20N2O/c1-11-8-12(2)10-14(9-11)17(20)19-16-7-5-4-6-15(16)13(3)18/h4-10,13H,18H2,1-3H3,(H,19,20). The molecule has 0 aliphatic carbocycles.